The number of carbonyl (C=O) groups is 2. The Balaban J connectivity index is 1.23. The highest BCUT2D eigenvalue weighted by molar-refractivity contribution is 6.39. The number of hydrogen-bond acceptors (Lipinski definition) is 8. The quantitative estimate of drug-likeness (QED) is 0.150. The average Bonchev–Trinajstić information content (AvgIpc) is 3.72. The van der Waals surface area contributed by atoms with Gasteiger partial charge in [-0.05, 0) is 56.6 Å². The van der Waals surface area contributed by atoms with Crippen molar-refractivity contribution in [2.75, 3.05) is 34.4 Å². The number of pyridine rings is 2. The smallest absolute Gasteiger partial charge is 0.220 e. The molecule has 0 aliphatic carbocycles. The molecule has 12 heteroatoms. The molecule has 2 aliphatic rings. The van der Waals surface area contributed by atoms with Gasteiger partial charge in [0.05, 0.1) is 35.7 Å². The van der Waals surface area contributed by atoms with Crippen LogP contribution in [0.25, 0.3) is 33.6 Å². The van der Waals surface area contributed by atoms with Crippen molar-refractivity contribution < 1.29 is 19.1 Å². The highest BCUT2D eigenvalue weighted by Crippen LogP contribution is 2.42. The molecule has 0 bridgehead atoms. The van der Waals surface area contributed by atoms with Gasteiger partial charge in [-0.2, -0.15) is 0 Å². The standard InChI is InChI=1S/C38H42Cl2N6O4/c1-22-16-24(17-32(49-3)30(22)21-46(2)20-26-10-13-34(48)44-26)37-36(40)28(14-15-42-37)27-6-5-7-29(35(27)39)31-11-8-23(38(45-31)50-4)18-41-19-25-9-12-33(47)43-25/h5-8,11,14-17,25-26,41H,9-10,12-13,18-21H2,1-4H3,(H,43,47)(H,44,48)/t25-,26-/m0/s1. The van der Waals surface area contributed by atoms with Crippen LogP contribution in [-0.2, 0) is 22.7 Å². The largest absolute Gasteiger partial charge is 0.496 e. The van der Waals surface area contributed by atoms with E-state index in [4.69, 9.17) is 37.7 Å². The maximum absolute atomic E-state index is 11.7. The molecule has 2 aromatic heterocycles. The predicted molar refractivity (Wildman–Crippen MR) is 197 cm³/mol. The molecule has 2 amide bonds. The molecule has 6 rings (SSSR count). The Morgan fingerprint density at radius 1 is 0.920 bits per heavy atom. The summed E-state index contributed by atoms with van der Waals surface area (Å²) in [5.41, 5.74) is 7.38. The zero-order valence-corrected chi connectivity index (χ0v) is 30.3. The van der Waals surface area contributed by atoms with E-state index in [1.807, 2.05) is 42.5 Å². The SMILES string of the molecule is COc1cc(-c2nccc(-c3cccc(-c4ccc(CNC[C@@H]5CCC(=O)N5)c(OC)n4)c3Cl)c2Cl)cc(C)c1CN(C)C[C@@H]1CCC(=O)N1. The van der Waals surface area contributed by atoms with E-state index in [1.165, 1.54) is 0 Å². The molecule has 2 fully saturated rings. The number of aromatic nitrogens is 2. The van der Waals surface area contributed by atoms with E-state index in [0.29, 0.717) is 59.8 Å². The number of amides is 2. The van der Waals surface area contributed by atoms with Gasteiger partial charge in [0.2, 0.25) is 17.7 Å². The number of benzene rings is 2. The summed E-state index contributed by atoms with van der Waals surface area (Å²) >= 11 is 14.2. The Bertz CT molecular complexity index is 1900. The molecule has 4 aromatic rings. The molecule has 0 unspecified atom stereocenters. The Kier molecular flexibility index (Phi) is 11.2. The topological polar surface area (TPSA) is 118 Å². The van der Waals surface area contributed by atoms with Gasteiger partial charge in [0.1, 0.15) is 5.75 Å². The summed E-state index contributed by atoms with van der Waals surface area (Å²) in [6, 6.07) is 15.9. The molecule has 4 heterocycles. The average molecular weight is 718 g/mol. The molecular formula is C38H42Cl2N6O4. The molecule has 2 aromatic carbocycles. The first kappa shape index (κ1) is 35.6. The normalized spacial score (nSPS) is 17.3. The molecule has 2 atom stereocenters. The first-order valence-electron chi connectivity index (χ1n) is 16.8. The Hall–Kier alpha value is -4.22. The second kappa shape index (κ2) is 15.8. The van der Waals surface area contributed by atoms with Gasteiger partial charge < -0.3 is 25.4 Å². The lowest BCUT2D eigenvalue weighted by Crippen LogP contribution is -2.36. The molecule has 2 aliphatic heterocycles. The Labute approximate surface area is 302 Å². The van der Waals surface area contributed by atoms with Crippen molar-refractivity contribution in [3.63, 3.8) is 0 Å². The molecule has 0 spiro atoms. The fourth-order valence-electron chi connectivity index (χ4n) is 6.76. The summed E-state index contributed by atoms with van der Waals surface area (Å²) in [4.78, 5) is 34.9. The molecule has 3 N–H and O–H groups in total. The van der Waals surface area contributed by atoms with Crippen molar-refractivity contribution in [1.29, 1.82) is 0 Å². The van der Waals surface area contributed by atoms with E-state index in [0.717, 1.165) is 64.1 Å². The first-order chi connectivity index (χ1) is 24.1. The van der Waals surface area contributed by atoms with Crippen molar-refractivity contribution in [3.8, 4) is 45.3 Å². The lowest BCUT2D eigenvalue weighted by molar-refractivity contribution is -0.120. The second-order valence-corrected chi connectivity index (χ2v) is 13.7. The van der Waals surface area contributed by atoms with Crippen molar-refractivity contribution in [3.05, 3.63) is 81.5 Å². The van der Waals surface area contributed by atoms with Gasteiger partial charge in [-0.1, -0.05) is 47.5 Å². The predicted octanol–water partition coefficient (Wildman–Crippen LogP) is 6.19. The first-order valence-corrected chi connectivity index (χ1v) is 17.5. The highest BCUT2D eigenvalue weighted by atomic mass is 35.5. The van der Waals surface area contributed by atoms with E-state index in [9.17, 15) is 9.59 Å². The maximum atomic E-state index is 11.7. The zero-order chi connectivity index (χ0) is 35.4. The number of likely N-dealkylation sites (N-methyl/N-ethyl adjacent to an activating group) is 1. The van der Waals surface area contributed by atoms with Crippen LogP contribution in [0.3, 0.4) is 0 Å². The van der Waals surface area contributed by atoms with Gasteiger partial charge in [0.15, 0.2) is 0 Å². The minimum absolute atomic E-state index is 0.0984. The minimum atomic E-state index is 0.0984. The fourth-order valence-corrected chi connectivity index (χ4v) is 7.41. The van der Waals surface area contributed by atoms with Gasteiger partial charge in [0.25, 0.3) is 0 Å². The number of halogens is 2. The van der Waals surface area contributed by atoms with Gasteiger partial charge in [-0.15, -0.1) is 0 Å². The molecular weight excluding hydrogens is 675 g/mol. The van der Waals surface area contributed by atoms with Gasteiger partial charge in [-0.25, -0.2) is 4.98 Å². The van der Waals surface area contributed by atoms with Crippen LogP contribution in [-0.4, -0.2) is 73.1 Å². The molecule has 0 radical (unpaired) electrons. The summed E-state index contributed by atoms with van der Waals surface area (Å²) < 4.78 is 11.5. The minimum Gasteiger partial charge on any atom is -0.496 e. The van der Waals surface area contributed by atoms with Crippen LogP contribution < -0.4 is 25.4 Å². The number of aryl methyl sites for hydroxylation is 1. The monoisotopic (exact) mass is 716 g/mol. The third-order valence-corrected chi connectivity index (χ3v) is 10.1. The number of rotatable bonds is 13. The number of carbonyl (C=O) groups excluding carboxylic acids is 2. The third-order valence-electron chi connectivity index (χ3n) is 9.35. The van der Waals surface area contributed by atoms with E-state index in [1.54, 1.807) is 20.4 Å². The van der Waals surface area contributed by atoms with Crippen LogP contribution in [0.1, 0.15) is 42.4 Å². The Morgan fingerprint density at radius 2 is 1.64 bits per heavy atom. The number of hydrogen-bond donors (Lipinski definition) is 3. The molecule has 0 saturated carbocycles. The maximum Gasteiger partial charge on any atom is 0.220 e. The fraction of sp³-hybridized carbons (Fsp3) is 0.368. The van der Waals surface area contributed by atoms with Crippen molar-refractivity contribution in [2.24, 2.45) is 0 Å². The lowest BCUT2D eigenvalue weighted by atomic mass is 9.97. The van der Waals surface area contributed by atoms with E-state index >= 15 is 0 Å². The van der Waals surface area contributed by atoms with E-state index in [2.05, 4.69) is 45.9 Å². The molecule has 262 valence electrons. The van der Waals surface area contributed by atoms with Crippen LogP contribution in [0.5, 0.6) is 11.6 Å². The van der Waals surface area contributed by atoms with Crippen LogP contribution in [0.2, 0.25) is 10.0 Å². The second-order valence-electron chi connectivity index (χ2n) is 13.0. The van der Waals surface area contributed by atoms with E-state index < -0.39 is 0 Å². The van der Waals surface area contributed by atoms with Gasteiger partial charge >= 0.3 is 0 Å². The number of nitrogens with one attached hydrogen (secondary N) is 3. The highest BCUT2D eigenvalue weighted by Gasteiger charge is 2.24. The molecule has 50 heavy (non-hydrogen) atoms. The Morgan fingerprint density at radius 3 is 2.34 bits per heavy atom. The van der Waals surface area contributed by atoms with E-state index in [-0.39, 0.29) is 23.9 Å². The zero-order valence-electron chi connectivity index (χ0n) is 28.7. The van der Waals surface area contributed by atoms with Crippen molar-refractivity contribution in [2.45, 2.75) is 57.8 Å². The summed E-state index contributed by atoms with van der Waals surface area (Å²) in [5.74, 6) is 1.46. The summed E-state index contributed by atoms with van der Waals surface area (Å²) in [5, 5.41) is 10.4. The summed E-state index contributed by atoms with van der Waals surface area (Å²) in [6.07, 6.45) is 4.57. The van der Waals surface area contributed by atoms with Crippen LogP contribution in [0.15, 0.2) is 54.7 Å². The number of methoxy groups -OCH3 is 2. The lowest BCUT2D eigenvalue weighted by Gasteiger charge is -2.23. The van der Waals surface area contributed by atoms with Crippen LogP contribution in [0.4, 0.5) is 0 Å². The molecule has 10 nitrogen and oxygen atoms in total. The summed E-state index contributed by atoms with van der Waals surface area (Å²) in [7, 11) is 5.32. The number of nitrogens with zero attached hydrogens (tertiary/aromatic N) is 3. The van der Waals surface area contributed by atoms with Gasteiger partial charge in [0, 0.05) is 90.7 Å². The van der Waals surface area contributed by atoms with Gasteiger partial charge in [-0.3, -0.25) is 19.5 Å². The van der Waals surface area contributed by atoms with Crippen molar-refractivity contribution in [1.82, 2.24) is 30.8 Å². The third kappa shape index (κ3) is 7.89. The number of ether oxygens (including phenoxy) is 2. The summed E-state index contributed by atoms with van der Waals surface area (Å²) in [6.45, 7) is 4.71. The van der Waals surface area contributed by atoms with Crippen molar-refractivity contribution >= 4 is 35.0 Å². The van der Waals surface area contributed by atoms with Crippen LogP contribution in [0, 0.1) is 6.92 Å². The molecule has 2 saturated heterocycles. The van der Waals surface area contributed by atoms with Crippen LogP contribution >= 0.6 is 23.2 Å².